The largest absolute Gasteiger partial charge is 1.00 e. The highest BCUT2D eigenvalue weighted by Gasteiger charge is 2.10. The van der Waals surface area contributed by atoms with E-state index in [-0.39, 0.29) is 12.4 Å². The van der Waals surface area contributed by atoms with Crippen LogP contribution in [-0.2, 0) is 0 Å². The lowest BCUT2D eigenvalue weighted by Gasteiger charge is -2.02. The predicted molar refractivity (Wildman–Crippen MR) is 58.5 cm³/mol. The van der Waals surface area contributed by atoms with Gasteiger partial charge in [0, 0.05) is 0 Å². The third-order valence-electron chi connectivity index (χ3n) is 2.30. The number of allylic oxidation sites excluding steroid dienone is 1. The molecule has 2 nitrogen and oxygen atoms in total. The van der Waals surface area contributed by atoms with Crippen LogP contribution in [0.5, 0.6) is 0 Å². The maximum Gasteiger partial charge on any atom is 0.249 e. The summed E-state index contributed by atoms with van der Waals surface area (Å²) < 4.78 is 0. The van der Waals surface area contributed by atoms with Crippen LogP contribution in [0.3, 0.4) is 0 Å². The lowest BCUT2D eigenvalue weighted by molar-refractivity contribution is -0.389. The Balaban J connectivity index is 0. The Morgan fingerprint density at radius 3 is 2.29 bits per heavy atom. The Morgan fingerprint density at radius 2 is 1.93 bits per heavy atom. The number of rotatable bonds is 4. The highest BCUT2D eigenvalue weighted by Crippen LogP contribution is 2.04. The van der Waals surface area contributed by atoms with Crippen LogP contribution in [0.1, 0.15) is 40.5 Å². The molecule has 0 aliphatic rings. The summed E-state index contributed by atoms with van der Waals surface area (Å²) in [6.07, 6.45) is 1.97. The minimum atomic E-state index is 0. The van der Waals surface area contributed by atoms with Gasteiger partial charge in [0.2, 0.25) is 5.84 Å². The molecule has 0 aromatic rings. The summed E-state index contributed by atoms with van der Waals surface area (Å²) in [6, 6.07) is 0. The number of nitrogens with one attached hydrogen (secondary N) is 1. The van der Waals surface area contributed by atoms with Crippen molar-refractivity contribution in [3.05, 3.63) is 10.7 Å². The second-order valence-corrected chi connectivity index (χ2v) is 3.72. The Bertz CT molecular complexity index is 222. The third kappa shape index (κ3) is 5.51. The minimum Gasteiger partial charge on any atom is -1.00 e. The molecular weight excluding hydrogens is 219 g/mol. The van der Waals surface area contributed by atoms with Crippen molar-refractivity contribution < 1.29 is 17.4 Å². The second-order valence-electron chi connectivity index (χ2n) is 3.34. The third-order valence-corrected chi connectivity index (χ3v) is 2.72. The molecular formula is C10H20Cl2N2. The van der Waals surface area contributed by atoms with Gasteiger partial charge in [0.1, 0.15) is 0 Å². The minimum absolute atomic E-state index is 0. The summed E-state index contributed by atoms with van der Waals surface area (Å²) in [5, 5.41) is 0.667. The fourth-order valence-corrected chi connectivity index (χ4v) is 0.974. The molecule has 3 N–H and O–H groups in total. The van der Waals surface area contributed by atoms with Crippen LogP contribution < -0.4 is 23.1 Å². The monoisotopic (exact) mass is 238 g/mol. The Morgan fingerprint density at radius 1 is 1.43 bits per heavy atom. The quantitative estimate of drug-likeness (QED) is 0.344. The zero-order chi connectivity index (χ0) is 10.4. The van der Waals surface area contributed by atoms with Gasteiger partial charge in [0.15, 0.2) is 5.16 Å². The van der Waals surface area contributed by atoms with Crippen molar-refractivity contribution in [3.63, 3.8) is 0 Å². The molecule has 0 heterocycles. The van der Waals surface area contributed by atoms with Gasteiger partial charge in [-0.15, -0.1) is 0 Å². The number of hydrogen-bond acceptors (Lipinski definition) is 0. The van der Waals surface area contributed by atoms with E-state index in [4.69, 9.17) is 17.3 Å². The fraction of sp³-hybridized carbons (Fsp3) is 0.700. The number of nitrogens with two attached hydrogens (primary N) is 1. The van der Waals surface area contributed by atoms with Crippen molar-refractivity contribution >= 4 is 17.4 Å². The van der Waals surface area contributed by atoms with Crippen LogP contribution in [0, 0.1) is 5.92 Å². The average Bonchev–Trinajstić information content (AvgIpc) is 2.14. The molecule has 0 spiro atoms. The summed E-state index contributed by atoms with van der Waals surface area (Å²) in [5.41, 5.74) is 6.94. The molecule has 0 bridgehead atoms. The molecule has 14 heavy (non-hydrogen) atoms. The van der Waals surface area contributed by atoms with E-state index in [0.29, 0.717) is 11.1 Å². The Hall–Kier alpha value is -0.210. The molecule has 0 amide bonds. The molecule has 84 valence electrons. The van der Waals surface area contributed by atoms with Gasteiger partial charge in [-0.2, -0.15) is 0 Å². The van der Waals surface area contributed by atoms with Crippen molar-refractivity contribution in [2.24, 2.45) is 11.7 Å². The van der Waals surface area contributed by atoms with Gasteiger partial charge in [0.25, 0.3) is 0 Å². The maximum absolute atomic E-state index is 6.00. The highest BCUT2D eigenvalue weighted by atomic mass is 35.5. The summed E-state index contributed by atoms with van der Waals surface area (Å²) in [5.74, 6) is 1.11. The second kappa shape index (κ2) is 8.13. The Kier molecular flexibility index (Phi) is 9.42. The molecule has 0 aromatic heterocycles. The van der Waals surface area contributed by atoms with Crippen LogP contribution in [0.25, 0.3) is 0 Å². The maximum atomic E-state index is 6.00. The normalized spacial score (nSPS) is 15.6. The van der Waals surface area contributed by atoms with Gasteiger partial charge < -0.3 is 12.4 Å². The van der Waals surface area contributed by atoms with Gasteiger partial charge in [0.05, 0.1) is 5.92 Å². The lowest BCUT2D eigenvalue weighted by atomic mass is 10.1. The first-order chi connectivity index (χ1) is 6.02. The molecule has 1 atom stereocenters. The Labute approximate surface area is 98.0 Å². The summed E-state index contributed by atoms with van der Waals surface area (Å²) in [7, 11) is 0. The molecule has 0 fully saturated rings. The van der Waals surface area contributed by atoms with Crippen molar-refractivity contribution in [2.45, 2.75) is 40.5 Å². The van der Waals surface area contributed by atoms with E-state index in [2.05, 4.69) is 25.8 Å². The first kappa shape index (κ1) is 16.2. The molecule has 0 aliphatic carbocycles. The van der Waals surface area contributed by atoms with E-state index in [9.17, 15) is 0 Å². The highest BCUT2D eigenvalue weighted by molar-refractivity contribution is 6.28. The van der Waals surface area contributed by atoms with Crippen molar-refractivity contribution in [1.82, 2.24) is 0 Å². The standard InChI is InChI=1S/C10H19ClN2.ClH/c1-5-7(3)9(11)13-10(12)8(4)6-2;/h8H,5-6H2,1-4H3,(H2,12,13);1H/b9-7-;. The first-order valence-electron chi connectivity index (χ1n) is 4.77. The van der Waals surface area contributed by atoms with Crippen LogP contribution in [0.4, 0.5) is 0 Å². The van der Waals surface area contributed by atoms with Gasteiger partial charge in [-0.25, -0.2) is 4.99 Å². The van der Waals surface area contributed by atoms with Gasteiger partial charge >= 0.3 is 0 Å². The predicted octanol–water partition coefficient (Wildman–Crippen LogP) is -1.65. The van der Waals surface area contributed by atoms with Crippen LogP contribution in [-0.4, -0.2) is 5.84 Å². The van der Waals surface area contributed by atoms with E-state index < -0.39 is 0 Å². The average molecular weight is 239 g/mol. The number of halogens is 2. The van der Waals surface area contributed by atoms with E-state index in [1.807, 2.05) is 6.92 Å². The zero-order valence-corrected chi connectivity index (χ0v) is 10.8. The van der Waals surface area contributed by atoms with Crippen LogP contribution in [0.2, 0.25) is 0 Å². The number of hydrogen-bond donors (Lipinski definition) is 2. The fourth-order valence-electron chi connectivity index (χ4n) is 0.732. The summed E-state index contributed by atoms with van der Waals surface area (Å²) in [6.45, 7) is 8.25. The van der Waals surface area contributed by atoms with E-state index in [1.165, 1.54) is 0 Å². The lowest BCUT2D eigenvalue weighted by Crippen LogP contribution is -3.00. The van der Waals surface area contributed by atoms with E-state index >= 15 is 0 Å². The van der Waals surface area contributed by atoms with Gasteiger partial charge in [-0.3, -0.25) is 5.73 Å². The molecule has 0 saturated heterocycles. The van der Waals surface area contributed by atoms with Crippen molar-refractivity contribution in [1.29, 1.82) is 0 Å². The molecule has 0 aromatic carbocycles. The summed E-state index contributed by atoms with van der Waals surface area (Å²) in [4.78, 5) is 3.02. The van der Waals surface area contributed by atoms with E-state index in [0.717, 1.165) is 24.3 Å². The smallest absolute Gasteiger partial charge is 0.249 e. The molecule has 0 aliphatic heterocycles. The molecule has 0 saturated carbocycles. The molecule has 0 rings (SSSR count). The number of amidine groups is 1. The molecule has 0 radical (unpaired) electrons. The summed E-state index contributed by atoms with van der Waals surface area (Å²) >= 11 is 6.00. The van der Waals surface area contributed by atoms with E-state index in [1.54, 1.807) is 0 Å². The molecule has 4 heteroatoms. The van der Waals surface area contributed by atoms with Crippen LogP contribution in [0.15, 0.2) is 10.7 Å². The van der Waals surface area contributed by atoms with Gasteiger partial charge in [-0.1, -0.05) is 20.8 Å². The SMILES string of the molecule is CC/C(C)=C(Cl)\[NH+]=C(\N)C(C)CC.[Cl-]. The zero-order valence-electron chi connectivity index (χ0n) is 9.32. The first-order valence-corrected chi connectivity index (χ1v) is 5.15. The van der Waals surface area contributed by atoms with Crippen molar-refractivity contribution in [3.8, 4) is 0 Å². The topological polar surface area (TPSA) is 40.0 Å². The van der Waals surface area contributed by atoms with Crippen molar-refractivity contribution in [2.75, 3.05) is 0 Å². The van der Waals surface area contributed by atoms with Gasteiger partial charge in [-0.05, 0) is 36.9 Å². The van der Waals surface area contributed by atoms with Crippen LogP contribution >= 0.6 is 11.6 Å². The molecule has 1 unspecified atom stereocenters.